The Morgan fingerprint density at radius 1 is 1.04 bits per heavy atom. The molecule has 0 spiro atoms. The Morgan fingerprint density at radius 3 is 2.21 bits per heavy atom. The molecule has 5 heteroatoms. The second-order valence-corrected chi connectivity index (χ2v) is 7.63. The summed E-state index contributed by atoms with van der Waals surface area (Å²) in [6.07, 6.45) is 0.163. The fourth-order valence-corrected chi connectivity index (χ4v) is 3.25. The number of amides is 2. The number of halogens is 1. The zero-order valence-corrected chi connectivity index (χ0v) is 17.3. The lowest BCUT2D eigenvalue weighted by atomic mass is 10.0. The van der Waals surface area contributed by atoms with Gasteiger partial charge in [0.25, 0.3) is 0 Å². The fraction of sp³-hybridized carbons (Fsp3) is 0.391. The summed E-state index contributed by atoms with van der Waals surface area (Å²) in [5.74, 6) is -0.845. The molecule has 0 saturated heterocycles. The minimum atomic E-state index is -0.708. The standard InChI is InChI=1S/C23H29FN2O2/c1-15(2)25-23(28)18(5)26(14-20-8-6-7-9-21(20)24)22(27)13-19-11-16(3)10-17(4)12-19/h6-12,15,18H,13-14H2,1-5H3,(H,25,28)/t18-/m0/s1. The normalized spacial score (nSPS) is 12.0. The molecule has 0 aliphatic heterocycles. The van der Waals surface area contributed by atoms with Crippen molar-refractivity contribution in [2.45, 2.75) is 59.7 Å². The average molecular weight is 384 g/mol. The first-order chi connectivity index (χ1) is 13.2. The molecule has 2 rings (SSSR count). The highest BCUT2D eigenvalue weighted by molar-refractivity contribution is 5.88. The van der Waals surface area contributed by atoms with Crippen LogP contribution in [0.5, 0.6) is 0 Å². The molecule has 0 bridgehead atoms. The predicted molar refractivity (Wildman–Crippen MR) is 109 cm³/mol. The Bertz CT molecular complexity index is 828. The van der Waals surface area contributed by atoms with Gasteiger partial charge in [0.2, 0.25) is 11.8 Å². The maximum Gasteiger partial charge on any atom is 0.242 e. The Kier molecular flexibility index (Phi) is 7.32. The number of nitrogens with zero attached hydrogens (tertiary/aromatic N) is 1. The second kappa shape index (κ2) is 9.49. The van der Waals surface area contributed by atoms with E-state index in [9.17, 15) is 14.0 Å². The largest absolute Gasteiger partial charge is 0.352 e. The summed E-state index contributed by atoms with van der Waals surface area (Å²) in [6, 6.07) is 11.6. The van der Waals surface area contributed by atoms with Crippen LogP contribution in [0.3, 0.4) is 0 Å². The van der Waals surface area contributed by atoms with Gasteiger partial charge in [0, 0.05) is 18.2 Å². The molecule has 0 fully saturated rings. The number of rotatable bonds is 7. The third kappa shape index (κ3) is 5.91. The lowest BCUT2D eigenvalue weighted by Crippen LogP contribution is -2.49. The van der Waals surface area contributed by atoms with Crippen LogP contribution in [0, 0.1) is 19.7 Å². The van der Waals surface area contributed by atoms with Crippen molar-refractivity contribution in [2.24, 2.45) is 0 Å². The number of carbonyl (C=O) groups excluding carboxylic acids is 2. The molecular weight excluding hydrogens is 355 g/mol. The third-order valence-corrected chi connectivity index (χ3v) is 4.53. The third-order valence-electron chi connectivity index (χ3n) is 4.53. The Balaban J connectivity index is 2.29. The van der Waals surface area contributed by atoms with E-state index in [0.29, 0.717) is 5.56 Å². The van der Waals surface area contributed by atoms with Crippen LogP contribution in [-0.4, -0.2) is 28.8 Å². The van der Waals surface area contributed by atoms with Gasteiger partial charge in [-0.2, -0.15) is 0 Å². The Hall–Kier alpha value is -2.69. The van der Waals surface area contributed by atoms with Crippen LogP contribution in [-0.2, 0) is 22.6 Å². The molecular formula is C23H29FN2O2. The summed E-state index contributed by atoms with van der Waals surface area (Å²) < 4.78 is 14.2. The minimum Gasteiger partial charge on any atom is -0.352 e. The molecule has 28 heavy (non-hydrogen) atoms. The Morgan fingerprint density at radius 2 is 1.64 bits per heavy atom. The van der Waals surface area contributed by atoms with Gasteiger partial charge in [0.15, 0.2) is 0 Å². The van der Waals surface area contributed by atoms with Gasteiger partial charge in [-0.1, -0.05) is 47.5 Å². The van der Waals surface area contributed by atoms with Crippen LogP contribution in [0.1, 0.15) is 43.0 Å². The van der Waals surface area contributed by atoms with Crippen LogP contribution in [0.2, 0.25) is 0 Å². The van der Waals surface area contributed by atoms with Gasteiger partial charge in [0.1, 0.15) is 11.9 Å². The first-order valence-corrected chi connectivity index (χ1v) is 9.57. The van der Waals surface area contributed by atoms with E-state index in [4.69, 9.17) is 0 Å². The summed E-state index contributed by atoms with van der Waals surface area (Å²) >= 11 is 0. The van der Waals surface area contributed by atoms with Gasteiger partial charge in [-0.25, -0.2) is 4.39 Å². The van der Waals surface area contributed by atoms with E-state index in [0.717, 1.165) is 16.7 Å². The zero-order valence-electron chi connectivity index (χ0n) is 17.3. The van der Waals surface area contributed by atoms with Gasteiger partial charge in [-0.15, -0.1) is 0 Å². The van der Waals surface area contributed by atoms with Gasteiger partial charge >= 0.3 is 0 Å². The number of carbonyl (C=O) groups is 2. The first kappa shape index (κ1) is 21.6. The lowest BCUT2D eigenvalue weighted by molar-refractivity contribution is -0.140. The average Bonchev–Trinajstić information content (AvgIpc) is 2.58. The highest BCUT2D eigenvalue weighted by atomic mass is 19.1. The molecule has 1 atom stereocenters. The van der Waals surface area contributed by atoms with E-state index in [-0.39, 0.29) is 36.6 Å². The SMILES string of the molecule is Cc1cc(C)cc(CC(=O)N(Cc2ccccc2F)[C@@H](C)C(=O)NC(C)C)c1. The van der Waals surface area contributed by atoms with E-state index in [2.05, 4.69) is 5.32 Å². The molecule has 0 radical (unpaired) electrons. The van der Waals surface area contributed by atoms with Crippen molar-refractivity contribution in [3.8, 4) is 0 Å². The maximum absolute atomic E-state index is 14.2. The maximum atomic E-state index is 14.2. The number of benzene rings is 2. The van der Waals surface area contributed by atoms with Gasteiger partial charge < -0.3 is 10.2 Å². The molecule has 0 unspecified atom stereocenters. The second-order valence-electron chi connectivity index (χ2n) is 7.63. The van der Waals surface area contributed by atoms with E-state index in [1.165, 1.54) is 11.0 Å². The minimum absolute atomic E-state index is 0.0419. The van der Waals surface area contributed by atoms with Crippen molar-refractivity contribution in [3.63, 3.8) is 0 Å². The zero-order chi connectivity index (χ0) is 20.8. The molecule has 2 aromatic rings. The molecule has 0 saturated carbocycles. The van der Waals surface area contributed by atoms with E-state index < -0.39 is 6.04 Å². The van der Waals surface area contributed by atoms with Crippen molar-refractivity contribution < 1.29 is 14.0 Å². The number of nitrogens with one attached hydrogen (secondary N) is 1. The smallest absolute Gasteiger partial charge is 0.242 e. The van der Waals surface area contributed by atoms with E-state index in [1.807, 2.05) is 45.9 Å². The van der Waals surface area contributed by atoms with Crippen molar-refractivity contribution in [3.05, 3.63) is 70.5 Å². The summed E-state index contributed by atoms with van der Waals surface area (Å²) in [5.41, 5.74) is 3.43. The summed E-state index contributed by atoms with van der Waals surface area (Å²) in [6.45, 7) is 9.42. The monoisotopic (exact) mass is 384 g/mol. The predicted octanol–water partition coefficient (Wildman–Crippen LogP) is 3.93. The first-order valence-electron chi connectivity index (χ1n) is 9.57. The highest BCUT2D eigenvalue weighted by Crippen LogP contribution is 2.16. The van der Waals surface area contributed by atoms with Gasteiger partial charge in [-0.05, 0) is 46.2 Å². The van der Waals surface area contributed by atoms with Crippen molar-refractivity contribution in [1.82, 2.24) is 10.2 Å². The molecule has 0 aliphatic carbocycles. The summed E-state index contributed by atoms with van der Waals surface area (Å²) in [4.78, 5) is 27.1. The molecule has 4 nitrogen and oxygen atoms in total. The van der Waals surface area contributed by atoms with Gasteiger partial charge in [-0.3, -0.25) is 9.59 Å². The summed E-state index contributed by atoms with van der Waals surface area (Å²) in [7, 11) is 0. The quantitative estimate of drug-likeness (QED) is 0.786. The van der Waals surface area contributed by atoms with Crippen LogP contribution in [0.15, 0.2) is 42.5 Å². The van der Waals surface area contributed by atoms with Crippen molar-refractivity contribution in [2.75, 3.05) is 0 Å². The fourth-order valence-electron chi connectivity index (χ4n) is 3.25. The molecule has 0 aliphatic rings. The highest BCUT2D eigenvalue weighted by Gasteiger charge is 2.27. The van der Waals surface area contributed by atoms with Crippen LogP contribution < -0.4 is 5.32 Å². The Labute approximate surface area is 166 Å². The van der Waals surface area contributed by atoms with Crippen LogP contribution in [0.25, 0.3) is 0 Å². The van der Waals surface area contributed by atoms with Crippen LogP contribution in [0.4, 0.5) is 4.39 Å². The number of hydrogen-bond donors (Lipinski definition) is 1. The molecule has 0 aromatic heterocycles. The summed E-state index contributed by atoms with van der Waals surface area (Å²) in [5, 5.41) is 2.83. The van der Waals surface area contributed by atoms with Crippen LogP contribution >= 0.6 is 0 Å². The number of hydrogen-bond acceptors (Lipinski definition) is 2. The van der Waals surface area contributed by atoms with Gasteiger partial charge in [0.05, 0.1) is 6.42 Å². The molecule has 150 valence electrons. The molecule has 2 aromatic carbocycles. The van der Waals surface area contributed by atoms with E-state index >= 15 is 0 Å². The van der Waals surface area contributed by atoms with E-state index in [1.54, 1.807) is 25.1 Å². The molecule has 0 heterocycles. The van der Waals surface area contributed by atoms with Crippen molar-refractivity contribution in [1.29, 1.82) is 0 Å². The topological polar surface area (TPSA) is 49.4 Å². The van der Waals surface area contributed by atoms with Crippen molar-refractivity contribution >= 4 is 11.8 Å². The molecule has 2 amide bonds. The molecule has 1 N–H and O–H groups in total. The number of aryl methyl sites for hydroxylation is 2. The lowest BCUT2D eigenvalue weighted by Gasteiger charge is -2.29.